The number of amides is 1. The van der Waals surface area contributed by atoms with Crippen molar-refractivity contribution in [3.05, 3.63) is 39.4 Å². The Balaban J connectivity index is 1.92. The largest absolute Gasteiger partial charge is 0.465 e. The average molecular weight is 422 g/mol. The van der Waals surface area contributed by atoms with E-state index in [1.54, 1.807) is 22.9 Å². The lowest BCUT2D eigenvalue weighted by Crippen LogP contribution is -2.56. The molecule has 0 aliphatic carbocycles. The van der Waals surface area contributed by atoms with E-state index in [0.29, 0.717) is 41.3 Å². The van der Waals surface area contributed by atoms with Crippen LogP contribution in [0.5, 0.6) is 0 Å². The highest BCUT2D eigenvalue weighted by Gasteiger charge is 2.25. The number of fused-ring (bicyclic) bond motifs is 1. The van der Waals surface area contributed by atoms with Gasteiger partial charge in [0.15, 0.2) is 0 Å². The molecule has 1 aromatic carbocycles. The smallest absolute Gasteiger partial charge is 0.404 e. The van der Waals surface area contributed by atoms with Crippen LogP contribution in [0, 0.1) is 5.41 Å². The van der Waals surface area contributed by atoms with Crippen LogP contribution in [0.4, 0.5) is 4.79 Å². The standard InChI is InChI=1S/C20H28ClN5O3/c1-20(2,3)13-24-9-11-25(12-10-24)26-16(7-8-22-19(28)29)23-15-6-4-5-14(21)17(15)18(26)27/h4-6,22H,7-13H2,1-3H3,(H,28,29). The molecule has 2 heterocycles. The summed E-state index contributed by atoms with van der Waals surface area (Å²) in [5.74, 6) is 0.530. The molecule has 1 saturated heterocycles. The minimum atomic E-state index is -1.10. The van der Waals surface area contributed by atoms with Gasteiger partial charge in [-0.25, -0.2) is 14.5 Å². The van der Waals surface area contributed by atoms with Gasteiger partial charge in [0.25, 0.3) is 5.56 Å². The highest BCUT2D eigenvalue weighted by atomic mass is 35.5. The van der Waals surface area contributed by atoms with Gasteiger partial charge in [-0.2, -0.15) is 0 Å². The Bertz CT molecular complexity index is 946. The second-order valence-corrected chi connectivity index (χ2v) is 8.96. The Morgan fingerprint density at radius 1 is 1.24 bits per heavy atom. The minimum absolute atomic E-state index is 0.178. The molecule has 158 valence electrons. The van der Waals surface area contributed by atoms with Crippen LogP contribution in [0.1, 0.15) is 26.6 Å². The quantitative estimate of drug-likeness (QED) is 0.768. The van der Waals surface area contributed by atoms with Crippen LogP contribution in [0.15, 0.2) is 23.0 Å². The molecule has 2 aromatic rings. The molecule has 0 unspecified atom stereocenters. The van der Waals surface area contributed by atoms with Crippen molar-refractivity contribution in [3.8, 4) is 0 Å². The number of benzene rings is 1. The van der Waals surface area contributed by atoms with E-state index in [0.717, 1.165) is 19.6 Å². The van der Waals surface area contributed by atoms with Crippen LogP contribution in [-0.4, -0.2) is 65.0 Å². The van der Waals surface area contributed by atoms with E-state index in [4.69, 9.17) is 16.7 Å². The number of rotatable bonds is 5. The molecule has 0 radical (unpaired) electrons. The maximum absolute atomic E-state index is 13.3. The van der Waals surface area contributed by atoms with E-state index in [1.165, 1.54) is 0 Å². The molecule has 0 atom stereocenters. The van der Waals surface area contributed by atoms with Gasteiger partial charge in [-0.05, 0) is 17.5 Å². The Labute approximate surface area is 175 Å². The summed E-state index contributed by atoms with van der Waals surface area (Å²) in [5, 5.41) is 14.0. The van der Waals surface area contributed by atoms with Gasteiger partial charge >= 0.3 is 6.09 Å². The van der Waals surface area contributed by atoms with Crippen molar-refractivity contribution in [1.29, 1.82) is 0 Å². The summed E-state index contributed by atoms with van der Waals surface area (Å²) in [5.41, 5.74) is 0.524. The highest BCUT2D eigenvalue weighted by Crippen LogP contribution is 2.20. The van der Waals surface area contributed by atoms with E-state index < -0.39 is 6.09 Å². The fourth-order valence-corrected chi connectivity index (χ4v) is 3.98. The lowest BCUT2D eigenvalue weighted by atomic mass is 9.96. The zero-order valence-electron chi connectivity index (χ0n) is 17.1. The molecule has 0 saturated carbocycles. The minimum Gasteiger partial charge on any atom is -0.465 e. The van der Waals surface area contributed by atoms with Crippen LogP contribution in [-0.2, 0) is 6.42 Å². The lowest BCUT2D eigenvalue weighted by molar-refractivity contribution is 0.171. The first kappa shape index (κ1) is 21.4. The summed E-state index contributed by atoms with van der Waals surface area (Å²) in [7, 11) is 0. The predicted molar refractivity (Wildman–Crippen MR) is 115 cm³/mol. The molecule has 1 aromatic heterocycles. The van der Waals surface area contributed by atoms with E-state index in [9.17, 15) is 9.59 Å². The maximum Gasteiger partial charge on any atom is 0.404 e. The summed E-state index contributed by atoms with van der Waals surface area (Å²) in [6.45, 7) is 10.9. The van der Waals surface area contributed by atoms with Gasteiger partial charge in [0, 0.05) is 45.7 Å². The van der Waals surface area contributed by atoms with Gasteiger partial charge in [0.05, 0.1) is 15.9 Å². The fraction of sp³-hybridized carbons (Fsp3) is 0.550. The number of piperazine rings is 1. The molecular weight excluding hydrogens is 394 g/mol. The van der Waals surface area contributed by atoms with Gasteiger partial charge in [0.1, 0.15) is 5.82 Å². The van der Waals surface area contributed by atoms with Crippen molar-refractivity contribution >= 4 is 28.6 Å². The molecule has 1 amide bonds. The topological polar surface area (TPSA) is 90.7 Å². The van der Waals surface area contributed by atoms with Crippen LogP contribution in [0.3, 0.4) is 0 Å². The van der Waals surface area contributed by atoms with Crippen molar-refractivity contribution in [2.24, 2.45) is 5.41 Å². The summed E-state index contributed by atoms with van der Waals surface area (Å²) in [4.78, 5) is 31.2. The third kappa shape index (κ3) is 5.19. The summed E-state index contributed by atoms with van der Waals surface area (Å²) in [6.07, 6.45) is -0.787. The van der Waals surface area contributed by atoms with Gasteiger partial charge in [-0.15, -0.1) is 0 Å². The summed E-state index contributed by atoms with van der Waals surface area (Å²) < 4.78 is 1.59. The van der Waals surface area contributed by atoms with E-state index >= 15 is 0 Å². The van der Waals surface area contributed by atoms with Crippen LogP contribution < -0.4 is 15.9 Å². The Kier molecular flexibility index (Phi) is 6.33. The van der Waals surface area contributed by atoms with Crippen molar-refractivity contribution in [3.63, 3.8) is 0 Å². The number of hydrogen-bond acceptors (Lipinski definition) is 5. The molecule has 8 nitrogen and oxygen atoms in total. The number of carboxylic acid groups (broad SMARTS) is 1. The Morgan fingerprint density at radius 3 is 2.55 bits per heavy atom. The first-order valence-corrected chi connectivity index (χ1v) is 10.2. The first-order valence-electron chi connectivity index (χ1n) is 9.80. The summed E-state index contributed by atoms with van der Waals surface area (Å²) >= 11 is 6.30. The van der Waals surface area contributed by atoms with Crippen LogP contribution in [0.2, 0.25) is 5.02 Å². The number of carbonyl (C=O) groups is 1. The van der Waals surface area contributed by atoms with Crippen molar-refractivity contribution < 1.29 is 9.90 Å². The Hall–Kier alpha value is -2.32. The third-order valence-corrected chi connectivity index (χ3v) is 5.16. The number of nitrogens with one attached hydrogen (secondary N) is 1. The molecule has 1 fully saturated rings. The third-order valence-electron chi connectivity index (χ3n) is 4.85. The number of halogens is 1. The molecule has 0 bridgehead atoms. The predicted octanol–water partition coefficient (Wildman–Crippen LogP) is 2.16. The molecular formula is C20H28ClN5O3. The lowest BCUT2D eigenvalue weighted by Gasteiger charge is -2.39. The normalized spacial score (nSPS) is 15.7. The Morgan fingerprint density at radius 2 is 1.93 bits per heavy atom. The maximum atomic E-state index is 13.3. The van der Waals surface area contributed by atoms with Crippen LogP contribution in [0.25, 0.3) is 10.9 Å². The van der Waals surface area contributed by atoms with Crippen molar-refractivity contribution in [1.82, 2.24) is 19.9 Å². The van der Waals surface area contributed by atoms with Crippen LogP contribution >= 0.6 is 11.6 Å². The van der Waals surface area contributed by atoms with Crippen molar-refractivity contribution in [2.45, 2.75) is 27.2 Å². The molecule has 29 heavy (non-hydrogen) atoms. The second kappa shape index (κ2) is 8.59. The number of nitrogens with zero attached hydrogens (tertiary/aromatic N) is 4. The fourth-order valence-electron chi connectivity index (χ4n) is 3.73. The number of hydrogen-bond donors (Lipinski definition) is 2. The average Bonchev–Trinajstić information content (AvgIpc) is 2.61. The van der Waals surface area contributed by atoms with Gasteiger partial charge < -0.3 is 15.4 Å². The molecule has 3 rings (SSSR count). The van der Waals surface area contributed by atoms with E-state index in [-0.39, 0.29) is 17.5 Å². The van der Waals surface area contributed by atoms with Gasteiger partial charge in [-0.3, -0.25) is 9.69 Å². The zero-order valence-corrected chi connectivity index (χ0v) is 17.9. The van der Waals surface area contributed by atoms with E-state index in [2.05, 4.69) is 36.0 Å². The SMILES string of the molecule is CC(C)(C)CN1CCN(n2c(CCNC(=O)O)nc3cccc(Cl)c3c2=O)CC1. The highest BCUT2D eigenvalue weighted by molar-refractivity contribution is 6.35. The number of aromatic nitrogens is 2. The van der Waals surface area contributed by atoms with Crippen molar-refractivity contribution in [2.75, 3.05) is 44.3 Å². The second-order valence-electron chi connectivity index (χ2n) is 8.55. The molecule has 1 aliphatic rings. The molecule has 2 N–H and O–H groups in total. The molecule has 1 aliphatic heterocycles. The molecule has 0 spiro atoms. The molecule has 9 heteroatoms. The monoisotopic (exact) mass is 421 g/mol. The van der Waals surface area contributed by atoms with Gasteiger partial charge in [-0.1, -0.05) is 38.4 Å². The van der Waals surface area contributed by atoms with Gasteiger partial charge in [0.2, 0.25) is 0 Å². The van der Waals surface area contributed by atoms with E-state index in [1.807, 2.05) is 5.01 Å². The zero-order chi connectivity index (χ0) is 21.2. The summed E-state index contributed by atoms with van der Waals surface area (Å²) in [6, 6.07) is 5.19. The first-order chi connectivity index (χ1) is 13.7.